The van der Waals surface area contributed by atoms with Crippen LogP contribution in [0.15, 0.2) is 27.5 Å². The zero-order valence-electron chi connectivity index (χ0n) is 14.8. The summed E-state index contributed by atoms with van der Waals surface area (Å²) in [5.74, 6) is 0.727. The van der Waals surface area contributed by atoms with Crippen molar-refractivity contribution in [2.45, 2.75) is 37.2 Å². The second-order valence-corrected chi connectivity index (χ2v) is 8.42. The van der Waals surface area contributed by atoms with Gasteiger partial charge in [-0.15, -0.1) is 10.2 Å². The number of carbonyl (C=O) groups excluding carboxylic acids is 1. The van der Waals surface area contributed by atoms with Gasteiger partial charge in [-0.25, -0.2) is 8.42 Å². The van der Waals surface area contributed by atoms with E-state index in [1.165, 1.54) is 10.4 Å². The van der Waals surface area contributed by atoms with Crippen LogP contribution in [-0.2, 0) is 32.4 Å². The molecule has 1 aromatic heterocycles. The third kappa shape index (κ3) is 3.47. The normalized spacial score (nSPS) is 20.9. The Morgan fingerprint density at radius 1 is 1.30 bits per heavy atom. The Labute approximate surface area is 156 Å². The first-order valence-electron chi connectivity index (χ1n) is 8.84. The molecule has 4 rings (SSSR count). The minimum Gasteiger partial charge on any atom is -0.422 e. The molecule has 3 heterocycles. The van der Waals surface area contributed by atoms with Crippen molar-refractivity contribution in [3.05, 3.63) is 35.5 Å². The molecule has 0 bridgehead atoms. The number of aromatic nitrogens is 2. The van der Waals surface area contributed by atoms with Gasteiger partial charge in [0.25, 0.3) is 0 Å². The van der Waals surface area contributed by atoms with Crippen LogP contribution < -0.4 is 5.32 Å². The minimum atomic E-state index is -3.70. The molecule has 0 unspecified atom stereocenters. The summed E-state index contributed by atoms with van der Waals surface area (Å²) in [6.07, 6.45) is 0.900. The molecule has 2 aliphatic heterocycles. The van der Waals surface area contributed by atoms with Gasteiger partial charge >= 0.3 is 0 Å². The maximum Gasteiger partial charge on any atom is 0.246 e. The Morgan fingerprint density at radius 3 is 2.93 bits per heavy atom. The maximum atomic E-state index is 13.1. The monoisotopic (exact) mass is 392 g/mol. The first-order chi connectivity index (χ1) is 13.0. The lowest BCUT2D eigenvalue weighted by Crippen LogP contribution is -2.42. The number of amides is 1. The fourth-order valence-corrected chi connectivity index (χ4v) is 4.68. The molecule has 144 valence electrons. The topological polar surface area (TPSA) is 115 Å². The van der Waals surface area contributed by atoms with E-state index in [9.17, 15) is 13.2 Å². The van der Waals surface area contributed by atoms with Gasteiger partial charge in [-0.1, -0.05) is 6.92 Å². The Morgan fingerprint density at radius 2 is 2.15 bits per heavy atom. The summed E-state index contributed by atoms with van der Waals surface area (Å²) in [6.45, 7) is 2.51. The molecule has 1 aromatic carbocycles. The lowest BCUT2D eigenvalue weighted by molar-refractivity contribution is -0.116. The molecule has 0 radical (unpaired) electrons. The number of aryl methyl sites for hydroxylation is 2. The number of rotatable bonds is 4. The second kappa shape index (κ2) is 7.02. The molecular formula is C17H20N4O5S. The molecular weight excluding hydrogens is 372 g/mol. The van der Waals surface area contributed by atoms with Crippen molar-refractivity contribution in [3.8, 4) is 0 Å². The van der Waals surface area contributed by atoms with Crippen LogP contribution in [0.4, 0.5) is 5.69 Å². The molecule has 2 aromatic rings. The van der Waals surface area contributed by atoms with E-state index in [1.807, 2.05) is 6.92 Å². The molecule has 1 saturated heterocycles. The Balaban J connectivity index is 1.57. The fraction of sp³-hybridized carbons (Fsp3) is 0.471. The van der Waals surface area contributed by atoms with Crippen LogP contribution in [0.1, 0.15) is 36.8 Å². The maximum absolute atomic E-state index is 13.1. The van der Waals surface area contributed by atoms with E-state index < -0.39 is 16.1 Å². The SMILES string of the molecule is CCc1nnc([C@@H]2CN(S(=O)(=O)c3ccc4c(c3)CCC(=O)N4)CCO2)o1. The van der Waals surface area contributed by atoms with E-state index in [1.54, 1.807) is 12.1 Å². The third-order valence-corrected chi connectivity index (χ3v) is 6.56. The highest BCUT2D eigenvalue weighted by Crippen LogP contribution is 2.29. The van der Waals surface area contributed by atoms with Gasteiger partial charge in [0.2, 0.25) is 27.7 Å². The van der Waals surface area contributed by atoms with E-state index >= 15 is 0 Å². The Kier molecular flexibility index (Phi) is 4.70. The number of nitrogens with zero attached hydrogens (tertiary/aromatic N) is 3. The van der Waals surface area contributed by atoms with E-state index in [-0.39, 0.29) is 30.5 Å². The molecule has 0 aliphatic carbocycles. The molecule has 0 spiro atoms. The number of fused-ring (bicyclic) bond motifs is 1. The summed E-state index contributed by atoms with van der Waals surface area (Å²) in [5, 5.41) is 10.6. The number of morpholine rings is 1. The van der Waals surface area contributed by atoms with Gasteiger partial charge in [-0.05, 0) is 30.2 Å². The molecule has 1 N–H and O–H groups in total. The second-order valence-electron chi connectivity index (χ2n) is 6.48. The lowest BCUT2D eigenvalue weighted by atomic mass is 10.0. The predicted molar refractivity (Wildman–Crippen MR) is 94.5 cm³/mol. The first kappa shape index (κ1) is 18.1. The van der Waals surface area contributed by atoms with E-state index in [0.29, 0.717) is 36.7 Å². The molecule has 1 atom stereocenters. The standard InChI is InChI=1S/C17H20N4O5S/c1-2-16-19-20-17(26-16)14-10-21(7-8-25-14)27(23,24)12-4-5-13-11(9-12)3-6-15(22)18-13/h4-5,9,14H,2-3,6-8,10H2,1H3,(H,18,22)/t14-/m0/s1. The highest BCUT2D eigenvalue weighted by atomic mass is 32.2. The van der Waals surface area contributed by atoms with Crippen LogP contribution in [0.25, 0.3) is 0 Å². The summed E-state index contributed by atoms with van der Waals surface area (Å²) in [5.41, 5.74) is 1.49. The number of benzene rings is 1. The van der Waals surface area contributed by atoms with Crippen LogP contribution in [-0.4, -0.2) is 48.5 Å². The number of hydrogen-bond acceptors (Lipinski definition) is 7. The van der Waals surface area contributed by atoms with Gasteiger partial charge in [0.1, 0.15) is 6.10 Å². The van der Waals surface area contributed by atoms with Gasteiger partial charge in [-0.2, -0.15) is 4.31 Å². The van der Waals surface area contributed by atoms with Crippen molar-refractivity contribution < 1.29 is 22.4 Å². The van der Waals surface area contributed by atoms with Crippen molar-refractivity contribution in [1.82, 2.24) is 14.5 Å². The highest BCUT2D eigenvalue weighted by Gasteiger charge is 2.34. The average molecular weight is 392 g/mol. The summed E-state index contributed by atoms with van der Waals surface area (Å²) in [6, 6.07) is 4.80. The number of anilines is 1. The van der Waals surface area contributed by atoms with E-state index in [2.05, 4.69) is 15.5 Å². The Hall–Kier alpha value is -2.30. The molecule has 27 heavy (non-hydrogen) atoms. The van der Waals surface area contributed by atoms with Gasteiger partial charge < -0.3 is 14.5 Å². The number of hydrogen-bond donors (Lipinski definition) is 1. The van der Waals surface area contributed by atoms with Crippen LogP contribution in [0.2, 0.25) is 0 Å². The highest BCUT2D eigenvalue weighted by molar-refractivity contribution is 7.89. The average Bonchev–Trinajstić information content (AvgIpc) is 3.17. The van der Waals surface area contributed by atoms with Crippen LogP contribution in [0.5, 0.6) is 0 Å². The number of ether oxygens (including phenoxy) is 1. The van der Waals surface area contributed by atoms with Gasteiger partial charge in [-0.3, -0.25) is 4.79 Å². The van der Waals surface area contributed by atoms with Crippen molar-refractivity contribution in [1.29, 1.82) is 0 Å². The number of nitrogens with one attached hydrogen (secondary N) is 1. The quantitative estimate of drug-likeness (QED) is 0.833. The lowest BCUT2D eigenvalue weighted by Gasteiger charge is -2.30. The molecule has 10 heteroatoms. The zero-order chi connectivity index (χ0) is 19.0. The van der Waals surface area contributed by atoms with Crippen molar-refractivity contribution in [3.63, 3.8) is 0 Å². The summed E-state index contributed by atoms with van der Waals surface area (Å²) in [4.78, 5) is 11.7. The molecule has 2 aliphatic rings. The van der Waals surface area contributed by atoms with Gasteiger partial charge in [0.05, 0.1) is 11.5 Å². The smallest absolute Gasteiger partial charge is 0.246 e. The van der Waals surface area contributed by atoms with Crippen LogP contribution >= 0.6 is 0 Å². The molecule has 9 nitrogen and oxygen atoms in total. The number of sulfonamides is 1. The van der Waals surface area contributed by atoms with Crippen LogP contribution in [0, 0.1) is 0 Å². The largest absolute Gasteiger partial charge is 0.422 e. The Bertz CT molecular complexity index is 971. The predicted octanol–water partition coefficient (Wildman–Crippen LogP) is 1.28. The van der Waals surface area contributed by atoms with Gasteiger partial charge in [0, 0.05) is 31.6 Å². The van der Waals surface area contributed by atoms with Crippen molar-refractivity contribution in [2.24, 2.45) is 0 Å². The molecule has 1 amide bonds. The summed E-state index contributed by atoms with van der Waals surface area (Å²) in [7, 11) is -3.70. The van der Waals surface area contributed by atoms with Crippen molar-refractivity contribution in [2.75, 3.05) is 25.0 Å². The fourth-order valence-electron chi connectivity index (χ4n) is 3.20. The first-order valence-corrected chi connectivity index (χ1v) is 10.3. The molecule has 1 fully saturated rings. The number of carbonyl (C=O) groups is 1. The van der Waals surface area contributed by atoms with Crippen molar-refractivity contribution >= 4 is 21.6 Å². The third-order valence-electron chi connectivity index (χ3n) is 4.70. The van der Waals surface area contributed by atoms with E-state index in [0.717, 1.165) is 5.56 Å². The van der Waals surface area contributed by atoms with E-state index in [4.69, 9.17) is 9.15 Å². The van der Waals surface area contributed by atoms with Gasteiger partial charge in [0.15, 0.2) is 0 Å². The molecule has 0 saturated carbocycles. The zero-order valence-corrected chi connectivity index (χ0v) is 15.7. The summed E-state index contributed by atoms with van der Waals surface area (Å²) < 4.78 is 38.7. The minimum absolute atomic E-state index is 0.0554. The summed E-state index contributed by atoms with van der Waals surface area (Å²) >= 11 is 0. The van der Waals surface area contributed by atoms with Crippen LogP contribution in [0.3, 0.4) is 0 Å².